The Hall–Kier alpha value is -2.32. The molecule has 0 radical (unpaired) electrons. The number of phenols is 1. The van der Waals surface area contributed by atoms with Crippen LogP contribution in [0.25, 0.3) is 10.2 Å². The Labute approximate surface area is 169 Å². The molecule has 0 amide bonds. The summed E-state index contributed by atoms with van der Waals surface area (Å²) in [6.07, 6.45) is -2.33. The van der Waals surface area contributed by atoms with Crippen LogP contribution in [0.1, 0.15) is 34.5 Å². The van der Waals surface area contributed by atoms with Crippen LogP contribution in [0.5, 0.6) is 5.75 Å². The van der Waals surface area contributed by atoms with E-state index in [1.165, 1.54) is 6.07 Å². The summed E-state index contributed by atoms with van der Waals surface area (Å²) in [6, 6.07) is 8.02. The van der Waals surface area contributed by atoms with Crippen LogP contribution >= 0.6 is 11.3 Å². The number of halogens is 3. The number of hydrogen-bond acceptors (Lipinski definition) is 5. The molecule has 3 heterocycles. The van der Waals surface area contributed by atoms with Crippen LogP contribution in [0, 0.1) is 0 Å². The number of alkyl halides is 3. The number of phenolic OH excluding ortho intramolecular Hbond substituents is 1. The molecule has 1 atom stereocenters. The molecule has 5 rings (SSSR count). The van der Waals surface area contributed by atoms with Crippen molar-refractivity contribution >= 4 is 27.2 Å². The van der Waals surface area contributed by atoms with Crippen molar-refractivity contribution in [2.45, 2.75) is 37.5 Å². The molecule has 0 saturated carbocycles. The van der Waals surface area contributed by atoms with E-state index >= 15 is 0 Å². The molecule has 4 nitrogen and oxygen atoms in total. The fourth-order valence-corrected chi connectivity index (χ4v) is 5.63. The Bertz CT molecular complexity index is 1080. The van der Waals surface area contributed by atoms with E-state index in [9.17, 15) is 23.4 Å². The van der Waals surface area contributed by atoms with Gasteiger partial charge in [0.2, 0.25) is 5.60 Å². The van der Waals surface area contributed by atoms with E-state index in [2.05, 4.69) is 9.88 Å². The summed E-state index contributed by atoms with van der Waals surface area (Å²) in [7, 11) is 0. The number of aryl methyl sites for hydroxylation is 1. The monoisotopic (exact) mass is 420 g/mol. The van der Waals surface area contributed by atoms with E-state index < -0.39 is 28.1 Å². The minimum absolute atomic E-state index is 0.389. The first-order valence-electron chi connectivity index (χ1n) is 9.59. The number of thiazole rings is 1. The van der Waals surface area contributed by atoms with Gasteiger partial charge >= 0.3 is 6.18 Å². The number of anilines is 1. The molecule has 29 heavy (non-hydrogen) atoms. The number of aromatic nitrogens is 1. The first-order valence-corrected chi connectivity index (χ1v) is 10.4. The normalized spacial score (nSPS) is 18.6. The number of hydrogen-bond donors (Lipinski definition) is 2. The van der Waals surface area contributed by atoms with Gasteiger partial charge in [0.25, 0.3) is 0 Å². The van der Waals surface area contributed by atoms with Crippen LogP contribution < -0.4 is 4.90 Å². The molecule has 2 aliphatic rings. The summed E-state index contributed by atoms with van der Waals surface area (Å²) < 4.78 is 43.6. The molecule has 2 aliphatic heterocycles. The number of aromatic hydroxyl groups is 1. The largest absolute Gasteiger partial charge is 0.507 e. The molecule has 0 unspecified atom stereocenters. The third-order valence-corrected chi connectivity index (χ3v) is 7.04. The average molecular weight is 420 g/mol. The minimum Gasteiger partial charge on any atom is -0.507 e. The third-order valence-electron chi connectivity index (χ3n) is 5.90. The number of nitrogens with zero attached hydrogens (tertiary/aromatic N) is 2. The first-order chi connectivity index (χ1) is 13.8. The van der Waals surface area contributed by atoms with Crippen LogP contribution in [0.2, 0.25) is 0 Å². The second kappa shape index (κ2) is 6.34. The topological polar surface area (TPSA) is 56.6 Å². The summed E-state index contributed by atoms with van der Waals surface area (Å²) in [5.74, 6) is -0.463. The second-order valence-electron chi connectivity index (χ2n) is 7.65. The molecule has 152 valence electrons. The number of para-hydroxylation sites is 1. The van der Waals surface area contributed by atoms with E-state index in [1.807, 2.05) is 0 Å². The molecular weight excluding hydrogens is 401 g/mol. The number of rotatable bonds is 2. The van der Waals surface area contributed by atoms with Gasteiger partial charge in [0.1, 0.15) is 10.8 Å². The van der Waals surface area contributed by atoms with Gasteiger partial charge in [0, 0.05) is 29.9 Å². The molecule has 0 spiro atoms. The van der Waals surface area contributed by atoms with Crippen molar-refractivity contribution in [2.75, 3.05) is 18.0 Å². The van der Waals surface area contributed by atoms with E-state index in [0.29, 0.717) is 28.6 Å². The van der Waals surface area contributed by atoms with Crippen LogP contribution in [0.3, 0.4) is 0 Å². The lowest BCUT2D eigenvalue weighted by Crippen LogP contribution is -2.44. The maximum absolute atomic E-state index is 14.3. The SMILES string of the molecule is Oc1c([C@](O)(c2nc3ccccc3s2)C(F)(F)F)cc2c3c1CCCN3CCC2. The fraction of sp³-hybridized carbons (Fsp3) is 0.381. The van der Waals surface area contributed by atoms with Crippen LogP contribution in [-0.4, -0.2) is 34.5 Å². The molecule has 2 N–H and O–H groups in total. The van der Waals surface area contributed by atoms with Gasteiger partial charge in [-0.05, 0) is 49.4 Å². The van der Waals surface area contributed by atoms with Crippen LogP contribution in [0.15, 0.2) is 30.3 Å². The molecule has 1 aromatic heterocycles. The van der Waals surface area contributed by atoms with Crippen molar-refractivity contribution in [3.05, 3.63) is 52.0 Å². The highest BCUT2D eigenvalue weighted by molar-refractivity contribution is 7.18. The number of benzene rings is 2. The van der Waals surface area contributed by atoms with Crippen molar-refractivity contribution in [3.63, 3.8) is 0 Å². The maximum atomic E-state index is 14.3. The van der Waals surface area contributed by atoms with Gasteiger partial charge in [-0.1, -0.05) is 12.1 Å². The van der Waals surface area contributed by atoms with Crippen LogP contribution in [0.4, 0.5) is 18.9 Å². The first kappa shape index (κ1) is 18.7. The van der Waals surface area contributed by atoms with Crippen molar-refractivity contribution in [3.8, 4) is 5.75 Å². The summed E-state index contributed by atoms with van der Waals surface area (Å²) in [5, 5.41) is 21.6. The Morgan fingerprint density at radius 2 is 1.79 bits per heavy atom. The van der Waals surface area contributed by atoms with Crippen molar-refractivity contribution in [1.82, 2.24) is 4.98 Å². The highest BCUT2D eigenvalue weighted by atomic mass is 32.1. The highest BCUT2D eigenvalue weighted by Gasteiger charge is 2.60. The van der Waals surface area contributed by atoms with Gasteiger partial charge in [-0.3, -0.25) is 0 Å². The summed E-state index contributed by atoms with van der Waals surface area (Å²) in [4.78, 5) is 6.22. The molecule has 0 aliphatic carbocycles. The molecule has 3 aromatic rings. The van der Waals surface area contributed by atoms with E-state index in [1.54, 1.807) is 24.3 Å². The zero-order chi connectivity index (χ0) is 20.4. The van der Waals surface area contributed by atoms with Crippen molar-refractivity contribution in [1.29, 1.82) is 0 Å². The molecule has 0 fully saturated rings. The summed E-state index contributed by atoms with van der Waals surface area (Å²) in [5.41, 5.74) is -1.39. The zero-order valence-electron chi connectivity index (χ0n) is 15.5. The van der Waals surface area contributed by atoms with Gasteiger partial charge in [0.05, 0.1) is 10.2 Å². The Kier molecular flexibility index (Phi) is 4.08. The van der Waals surface area contributed by atoms with Gasteiger partial charge in [-0.15, -0.1) is 11.3 Å². The van der Waals surface area contributed by atoms with E-state index in [0.717, 1.165) is 48.5 Å². The molecule has 0 bridgehead atoms. The Morgan fingerprint density at radius 3 is 2.52 bits per heavy atom. The third kappa shape index (κ3) is 2.65. The zero-order valence-corrected chi connectivity index (χ0v) is 16.3. The minimum atomic E-state index is -5.04. The molecule has 8 heteroatoms. The smallest absolute Gasteiger partial charge is 0.428 e. The quantitative estimate of drug-likeness (QED) is 0.641. The lowest BCUT2D eigenvalue weighted by molar-refractivity contribution is -0.248. The van der Waals surface area contributed by atoms with Crippen molar-refractivity contribution < 1.29 is 23.4 Å². The second-order valence-corrected chi connectivity index (χ2v) is 8.68. The van der Waals surface area contributed by atoms with Gasteiger partial charge in [-0.2, -0.15) is 13.2 Å². The van der Waals surface area contributed by atoms with Crippen LogP contribution in [-0.2, 0) is 18.4 Å². The van der Waals surface area contributed by atoms with E-state index in [-0.39, 0.29) is 0 Å². The predicted octanol–water partition coefficient (Wildman–Crippen LogP) is 4.50. The standard InChI is InChI=1S/C21H19F3N2O2S/c22-21(23,24)20(28,19-25-15-7-1-2-8-16(15)29-19)14-11-12-5-3-9-26-10-4-6-13(17(12)26)18(14)27/h1-2,7-8,11,27-28H,3-6,9-10H2/t20-/m0/s1. The van der Waals surface area contributed by atoms with Crippen molar-refractivity contribution in [2.24, 2.45) is 0 Å². The number of fused-ring (bicyclic) bond motifs is 1. The lowest BCUT2D eigenvalue weighted by Gasteiger charge is -2.39. The van der Waals surface area contributed by atoms with Gasteiger partial charge in [-0.25, -0.2) is 4.98 Å². The maximum Gasteiger partial charge on any atom is 0.428 e. The van der Waals surface area contributed by atoms with E-state index in [4.69, 9.17) is 0 Å². The highest BCUT2D eigenvalue weighted by Crippen LogP contribution is 2.52. The fourth-order valence-electron chi connectivity index (χ4n) is 4.54. The average Bonchev–Trinajstić information content (AvgIpc) is 3.14. The molecule has 2 aromatic carbocycles. The number of aliphatic hydroxyl groups is 1. The van der Waals surface area contributed by atoms with Gasteiger partial charge in [0.15, 0.2) is 0 Å². The van der Waals surface area contributed by atoms with Gasteiger partial charge < -0.3 is 15.1 Å². The molecular formula is C21H19F3N2O2S. The lowest BCUT2D eigenvalue weighted by atomic mass is 9.83. The predicted molar refractivity (Wildman–Crippen MR) is 106 cm³/mol. The Morgan fingerprint density at radius 1 is 1.07 bits per heavy atom. The Balaban J connectivity index is 1.78. The summed E-state index contributed by atoms with van der Waals surface area (Å²) >= 11 is 0.797. The summed E-state index contributed by atoms with van der Waals surface area (Å²) in [6.45, 7) is 1.67. The molecule has 0 saturated heterocycles.